The Balaban J connectivity index is 1.67. The summed E-state index contributed by atoms with van der Waals surface area (Å²) in [6.07, 6.45) is 5.17. The van der Waals surface area contributed by atoms with Crippen LogP contribution < -0.4 is 5.32 Å². The van der Waals surface area contributed by atoms with Crippen LogP contribution in [0.1, 0.15) is 21.5 Å². The van der Waals surface area contributed by atoms with Gasteiger partial charge >= 0.3 is 0 Å². The zero-order chi connectivity index (χ0) is 17.9. The van der Waals surface area contributed by atoms with E-state index in [4.69, 9.17) is 0 Å². The van der Waals surface area contributed by atoms with Crippen LogP contribution in [0.15, 0.2) is 73.3 Å². The van der Waals surface area contributed by atoms with Crippen molar-refractivity contribution in [3.05, 3.63) is 90.0 Å². The third-order valence-electron chi connectivity index (χ3n) is 4.29. The summed E-state index contributed by atoms with van der Waals surface area (Å²) in [6.45, 7) is 2.53. The molecule has 0 aliphatic carbocycles. The molecule has 0 saturated carbocycles. The third-order valence-corrected chi connectivity index (χ3v) is 4.29. The predicted molar refractivity (Wildman–Crippen MR) is 101 cm³/mol. The third kappa shape index (κ3) is 3.19. The summed E-state index contributed by atoms with van der Waals surface area (Å²) < 4.78 is 1.79. The molecule has 2 aromatic heterocycles. The first-order valence-corrected chi connectivity index (χ1v) is 8.42. The number of hydrogen-bond acceptors (Lipinski definition) is 3. The van der Waals surface area contributed by atoms with E-state index in [0.717, 1.165) is 16.5 Å². The fourth-order valence-corrected chi connectivity index (χ4v) is 2.86. The number of imidazole rings is 1. The number of aromatic nitrogens is 3. The number of fused-ring (bicyclic) bond motifs is 1. The standard InChI is InChI=1S/C21H18N4O/c1-15-6-8-16(9-7-15)13-23-21(26)18-12-20(25-11-10-22-14-25)24-19-5-3-2-4-17(18)19/h2-12,14H,13H2,1H3,(H,23,26). The summed E-state index contributed by atoms with van der Waals surface area (Å²) >= 11 is 0. The fraction of sp³-hybridized carbons (Fsp3) is 0.0952. The molecule has 1 N–H and O–H groups in total. The van der Waals surface area contributed by atoms with E-state index in [2.05, 4.69) is 15.3 Å². The highest BCUT2D eigenvalue weighted by Crippen LogP contribution is 2.20. The SMILES string of the molecule is Cc1ccc(CNC(=O)c2cc(-n3ccnc3)nc3ccccc23)cc1. The van der Waals surface area contributed by atoms with Crippen LogP contribution in [-0.4, -0.2) is 20.4 Å². The van der Waals surface area contributed by atoms with Crippen LogP contribution in [0.25, 0.3) is 16.7 Å². The summed E-state index contributed by atoms with van der Waals surface area (Å²) in [5, 5.41) is 3.84. The maximum atomic E-state index is 12.9. The van der Waals surface area contributed by atoms with E-state index in [9.17, 15) is 4.79 Å². The van der Waals surface area contributed by atoms with E-state index in [1.165, 1.54) is 5.56 Å². The summed E-state index contributed by atoms with van der Waals surface area (Å²) in [5.74, 6) is 0.548. The second-order valence-electron chi connectivity index (χ2n) is 6.18. The molecule has 0 fully saturated rings. The van der Waals surface area contributed by atoms with Gasteiger partial charge in [0.25, 0.3) is 5.91 Å². The van der Waals surface area contributed by atoms with Gasteiger partial charge in [-0.05, 0) is 24.6 Å². The van der Waals surface area contributed by atoms with Crippen molar-refractivity contribution < 1.29 is 4.79 Å². The summed E-state index contributed by atoms with van der Waals surface area (Å²) in [4.78, 5) is 21.5. The maximum Gasteiger partial charge on any atom is 0.252 e. The molecule has 2 heterocycles. The minimum Gasteiger partial charge on any atom is -0.348 e. The fourth-order valence-electron chi connectivity index (χ4n) is 2.86. The van der Waals surface area contributed by atoms with Crippen LogP contribution in [-0.2, 0) is 6.54 Å². The molecule has 1 amide bonds. The van der Waals surface area contributed by atoms with Crippen LogP contribution in [0.5, 0.6) is 0 Å². The number of hydrogen-bond donors (Lipinski definition) is 1. The average molecular weight is 342 g/mol. The van der Waals surface area contributed by atoms with E-state index in [1.807, 2.05) is 61.7 Å². The second-order valence-corrected chi connectivity index (χ2v) is 6.18. The number of carbonyl (C=O) groups excluding carboxylic acids is 1. The van der Waals surface area contributed by atoms with Crippen molar-refractivity contribution >= 4 is 16.8 Å². The molecule has 2 aromatic carbocycles. The van der Waals surface area contributed by atoms with Gasteiger partial charge in [0.2, 0.25) is 0 Å². The van der Waals surface area contributed by atoms with E-state index >= 15 is 0 Å². The Hall–Kier alpha value is -3.47. The van der Waals surface area contributed by atoms with Crippen LogP contribution in [0.3, 0.4) is 0 Å². The lowest BCUT2D eigenvalue weighted by Gasteiger charge is -2.11. The lowest BCUT2D eigenvalue weighted by Crippen LogP contribution is -2.23. The molecule has 0 saturated heterocycles. The topological polar surface area (TPSA) is 59.8 Å². The Kier molecular flexibility index (Phi) is 4.19. The summed E-state index contributed by atoms with van der Waals surface area (Å²) in [7, 11) is 0. The van der Waals surface area contributed by atoms with Crippen molar-refractivity contribution in [2.45, 2.75) is 13.5 Å². The van der Waals surface area contributed by atoms with Gasteiger partial charge in [-0.15, -0.1) is 0 Å². The van der Waals surface area contributed by atoms with Crippen molar-refractivity contribution in [2.24, 2.45) is 0 Å². The van der Waals surface area contributed by atoms with E-state index < -0.39 is 0 Å². The van der Waals surface area contributed by atoms with Crippen LogP contribution in [0.2, 0.25) is 0 Å². The molecule has 128 valence electrons. The zero-order valence-electron chi connectivity index (χ0n) is 14.4. The van der Waals surface area contributed by atoms with E-state index in [-0.39, 0.29) is 5.91 Å². The predicted octanol–water partition coefficient (Wildman–Crippen LogP) is 3.66. The summed E-state index contributed by atoms with van der Waals surface area (Å²) in [5.41, 5.74) is 3.65. The van der Waals surface area contributed by atoms with Gasteiger partial charge in [-0.2, -0.15) is 0 Å². The van der Waals surface area contributed by atoms with Crippen LogP contribution >= 0.6 is 0 Å². The largest absolute Gasteiger partial charge is 0.348 e. The second kappa shape index (κ2) is 6.80. The van der Waals surface area contributed by atoms with Gasteiger partial charge in [0.1, 0.15) is 12.1 Å². The minimum atomic E-state index is -0.120. The van der Waals surface area contributed by atoms with Crippen molar-refractivity contribution in [3.63, 3.8) is 0 Å². The van der Waals surface area contributed by atoms with Crippen molar-refractivity contribution in [1.29, 1.82) is 0 Å². The molecule has 0 bridgehead atoms. The molecule has 5 nitrogen and oxygen atoms in total. The van der Waals surface area contributed by atoms with Crippen molar-refractivity contribution in [3.8, 4) is 5.82 Å². The highest BCUT2D eigenvalue weighted by molar-refractivity contribution is 6.06. The van der Waals surface area contributed by atoms with Crippen LogP contribution in [0, 0.1) is 6.92 Å². The number of aryl methyl sites for hydroxylation is 1. The lowest BCUT2D eigenvalue weighted by atomic mass is 10.1. The Bertz CT molecular complexity index is 1050. The number of pyridine rings is 1. The van der Waals surface area contributed by atoms with Crippen LogP contribution in [0.4, 0.5) is 0 Å². The highest BCUT2D eigenvalue weighted by atomic mass is 16.1. The average Bonchev–Trinajstić information content (AvgIpc) is 3.21. The van der Waals surface area contributed by atoms with E-state index in [0.29, 0.717) is 17.9 Å². The normalized spacial score (nSPS) is 10.8. The molecule has 4 rings (SSSR count). The monoisotopic (exact) mass is 342 g/mol. The molecule has 4 aromatic rings. The number of nitrogens with zero attached hydrogens (tertiary/aromatic N) is 3. The van der Waals surface area contributed by atoms with E-state index in [1.54, 1.807) is 23.2 Å². The number of carbonyl (C=O) groups is 1. The number of para-hydroxylation sites is 1. The Morgan fingerprint density at radius 3 is 2.69 bits per heavy atom. The molecule has 0 radical (unpaired) electrons. The van der Waals surface area contributed by atoms with Gasteiger partial charge in [-0.1, -0.05) is 48.0 Å². The molecule has 0 atom stereocenters. The minimum absolute atomic E-state index is 0.120. The highest BCUT2D eigenvalue weighted by Gasteiger charge is 2.13. The Morgan fingerprint density at radius 1 is 1.12 bits per heavy atom. The molecule has 0 spiro atoms. The molecular weight excluding hydrogens is 324 g/mol. The molecule has 26 heavy (non-hydrogen) atoms. The van der Waals surface area contributed by atoms with Gasteiger partial charge in [0, 0.05) is 24.3 Å². The molecular formula is C21H18N4O. The first-order chi connectivity index (χ1) is 12.7. The van der Waals surface area contributed by atoms with Gasteiger partial charge in [-0.3, -0.25) is 9.36 Å². The molecule has 5 heteroatoms. The number of rotatable bonds is 4. The first-order valence-electron chi connectivity index (χ1n) is 8.42. The lowest BCUT2D eigenvalue weighted by molar-refractivity contribution is 0.0952. The maximum absolute atomic E-state index is 12.9. The smallest absolute Gasteiger partial charge is 0.252 e. The Morgan fingerprint density at radius 2 is 1.92 bits per heavy atom. The molecule has 0 aliphatic heterocycles. The van der Waals surface area contributed by atoms with Gasteiger partial charge in [0.15, 0.2) is 0 Å². The molecule has 0 unspecified atom stereocenters. The Labute approximate surface area is 151 Å². The van der Waals surface area contributed by atoms with Gasteiger partial charge < -0.3 is 5.32 Å². The van der Waals surface area contributed by atoms with Gasteiger partial charge in [0.05, 0.1) is 11.1 Å². The van der Waals surface area contributed by atoms with Gasteiger partial charge in [-0.25, -0.2) is 9.97 Å². The quantitative estimate of drug-likeness (QED) is 0.616. The number of nitrogens with one attached hydrogen (secondary N) is 1. The van der Waals surface area contributed by atoms with Crippen molar-refractivity contribution in [1.82, 2.24) is 19.9 Å². The number of amides is 1. The van der Waals surface area contributed by atoms with Crippen molar-refractivity contribution in [2.75, 3.05) is 0 Å². The summed E-state index contributed by atoms with van der Waals surface area (Å²) in [6, 6.07) is 17.6. The zero-order valence-corrected chi connectivity index (χ0v) is 14.4. The number of benzene rings is 2. The first kappa shape index (κ1) is 16.0. The molecule has 0 aliphatic rings.